The minimum Gasteiger partial charge on any atom is -0.477 e. The molecule has 0 spiro atoms. The van der Waals surface area contributed by atoms with Crippen molar-refractivity contribution in [2.45, 2.75) is 37.0 Å². The number of nitrogens with one attached hydrogen (secondary N) is 1. The van der Waals surface area contributed by atoms with Crippen molar-refractivity contribution in [3.63, 3.8) is 0 Å². The molecule has 1 saturated carbocycles. The van der Waals surface area contributed by atoms with Crippen LogP contribution in [0.1, 0.15) is 46.5 Å². The molecule has 0 unspecified atom stereocenters. The SMILES string of the molecule is CSC1CCC(NC(=O)c2ccnc(C(=O)O)c2)CC1. The summed E-state index contributed by atoms with van der Waals surface area (Å²) in [4.78, 5) is 26.6. The minimum atomic E-state index is -1.12. The standard InChI is InChI=1S/C14H18N2O3S/c1-20-11-4-2-10(3-5-11)16-13(17)9-6-7-15-12(8-9)14(18)19/h6-8,10-11H,2-5H2,1H3,(H,16,17)(H,18,19). The van der Waals surface area contributed by atoms with E-state index in [0.717, 1.165) is 25.7 Å². The lowest BCUT2D eigenvalue weighted by molar-refractivity contribution is 0.0690. The Morgan fingerprint density at radius 1 is 1.35 bits per heavy atom. The van der Waals surface area contributed by atoms with Crippen LogP contribution in [0.2, 0.25) is 0 Å². The van der Waals surface area contributed by atoms with Crippen LogP contribution >= 0.6 is 11.8 Å². The van der Waals surface area contributed by atoms with Gasteiger partial charge in [0, 0.05) is 23.1 Å². The molecular formula is C14H18N2O3S. The number of carboxylic acid groups (broad SMARTS) is 1. The molecule has 0 bridgehead atoms. The number of amides is 1. The molecule has 6 heteroatoms. The zero-order valence-corrected chi connectivity index (χ0v) is 12.2. The van der Waals surface area contributed by atoms with Gasteiger partial charge in [-0.2, -0.15) is 11.8 Å². The number of hydrogen-bond donors (Lipinski definition) is 2. The molecule has 0 aromatic carbocycles. The summed E-state index contributed by atoms with van der Waals surface area (Å²) in [6.45, 7) is 0. The summed E-state index contributed by atoms with van der Waals surface area (Å²) in [5.74, 6) is -1.34. The molecule has 0 radical (unpaired) electrons. The first kappa shape index (κ1) is 14.8. The largest absolute Gasteiger partial charge is 0.477 e. The fourth-order valence-electron chi connectivity index (χ4n) is 2.40. The lowest BCUT2D eigenvalue weighted by Gasteiger charge is -2.28. The molecular weight excluding hydrogens is 276 g/mol. The van der Waals surface area contributed by atoms with E-state index in [1.54, 1.807) is 0 Å². The first-order valence-corrected chi connectivity index (χ1v) is 7.92. The van der Waals surface area contributed by atoms with Crippen LogP contribution in [0.4, 0.5) is 0 Å². The Morgan fingerprint density at radius 2 is 2.05 bits per heavy atom. The van der Waals surface area contributed by atoms with E-state index in [4.69, 9.17) is 5.11 Å². The highest BCUT2D eigenvalue weighted by atomic mass is 32.2. The number of aromatic carboxylic acids is 1. The van der Waals surface area contributed by atoms with Gasteiger partial charge in [-0.25, -0.2) is 9.78 Å². The third-order valence-corrected chi connectivity index (χ3v) is 4.72. The van der Waals surface area contributed by atoms with Crippen molar-refractivity contribution in [3.05, 3.63) is 29.6 Å². The predicted octanol–water partition coefficient (Wildman–Crippen LogP) is 2.18. The number of carboxylic acids is 1. The fourth-order valence-corrected chi connectivity index (χ4v) is 3.14. The number of thioether (sulfide) groups is 1. The van der Waals surface area contributed by atoms with E-state index in [0.29, 0.717) is 10.8 Å². The lowest BCUT2D eigenvalue weighted by atomic mass is 9.94. The molecule has 0 saturated heterocycles. The molecule has 1 amide bonds. The van der Waals surface area contributed by atoms with E-state index in [1.165, 1.54) is 18.3 Å². The number of hydrogen-bond acceptors (Lipinski definition) is 4. The van der Waals surface area contributed by atoms with Crippen LogP contribution in [0.15, 0.2) is 18.3 Å². The third-order valence-electron chi connectivity index (χ3n) is 3.58. The van der Waals surface area contributed by atoms with Crippen LogP contribution in [0.3, 0.4) is 0 Å². The van der Waals surface area contributed by atoms with Crippen molar-refractivity contribution in [1.82, 2.24) is 10.3 Å². The average Bonchev–Trinajstić information content (AvgIpc) is 2.48. The molecule has 1 aromatic heterocycles. The van der Waals surface area contributed by atoms with Crippen LogP contribution in [0.5, 0.6) is 0 Å². The molecule has 108 valence electrons. The van der Waals surface area contributed by atoms with E-state index in [9.17, 15) is 9.59 Å². The summed E-state index contributed by atoms with van der Waals surface area (Å²) in [7, 11) is 0. The number of aromatic nitrogens is 1. The summed E-state index contributed by atoms with van der Waals surface area (Å²) < 4.78 is 0. The van der Waals surface area contributed by atoms with Crippen molar-refractivity contribution in [1.29, 1.82) is 0 Å². The van der Waals surface area contributed by atoms with Gasteiger partial charge in [0.05, 0.1) is 0 Å². The third kappa shape index (κ3) is 3.72. The van der Waals surface area contributed by atoms with Crippen LogP contribution in [-0.2, 0) is 0 Å². The van der Waals surface area contributed by atoms with Gasteiger partial charge in [0.25, 0.3) is 5.91 Å². The van der Waals surface area contributed by atoms with E-state index in [1.807, 2.05) is 11.8 Å². The van der Waals surface area contributed by atoms with Gasteiger partial charge >= 0.3 is 5.97 Å². The van der Waals surface area contributed by atoms with Gasteiger partial charge in [-0.3, -0.25) is 4.79 Å². The van der Waals surface area contributed by atoms with Gasteiger partial charge in [0.1, 0.15) is 5.69 Å². The molecule has 1 fully saturated rings. The van der Waals surface area contributed by atoms with Gasteiger partial charge in [0.15, 0.2) is 0 Å². The fraction of sp³-hybridized carbons (Fsp3) is 0.500. The van der Waals surface area contributed by atoms with E-state index in [2.05, 4.69) is 16.6 Å². The Hall–Kier alpha value is -1.56. The Labute approximate surface area is 122 Å². The van der Waals surface area contributed by atoms with Crippen molar-refractivity contribution < 1.29 is 14.7 Å². The van der Waals surface area contributed by atoms with Gasteiger partial charge < -0.3 is 10.4 Å². The molecule has 5 nitrogen and oxygen atoms in total. The Balaban J connectivity index is 1.95. The smallest absolute Gasteiger partial charge is 0.354 e. The quantitative estimate of drug-likeness (QED) is 0.890. The minimum absolute atomic E-state index is 0.108. The van der Waals surface area contributed by atoms with Crippen molar-refractivity contribution in [3.8, 4) is 0 Å². The Morgan fingerprint density at radius 3 is 2.65 bits per heavy atom. The summed E-state index contributed by atoms with van der Waals surface area (Å²) in [5, 5.41) is 12.5. The second-order valence-electron chi connectivity index (χ2n) is 4.92. The van der Waals surface area contributed by atoms with E-state index >= 15 is 0 Å². The number of rotatable bonds is 4. The topological polar surface area (TPSA) is 79.3 Å². The number of carbonyl (C=O) groups excluding carboxylic acids is 1. The van der Waals surface area contributed by atoms with Gasteiger partial charge in [-0.15, -0.1) is 0 Å². The second kappa shape index (κ2) is 6.74. The molecule has 0 atom stereocenters. The highest BCUT2D eigenvalue weighted by Gasteiger charge is 2.22. The molecule has 1 aliphatic rings. The Bertz CT molecular complexity index is 499. The highest BCUT2D eigenvalue weighted by Crippen LogP contribution is 2.26. The molecule has 0 aliphatic heterocycles. The maximum Gasteiger partial charge on any atom is 0.354 e. The average molecular weight is 294 g/mol. The maximum atomic E-state index is 12.1. The first-order valence-electron chi connectivity index (χ1n) is 6.63. The predicted molar refractivity (Wildman–Crippen MR) is 78.2 cm³/mol. The molecule has 1 aliphatic carbocycles. The van der Waals surface area contributed by atoms with Gasteiger partial charge in [-0.05, 0) is 44.1 Å². The normalized spacial score (nSPS) is 22.2. The molecule has 2 rings (SSSR count). The van der Waals surface area contributed by atoms with Crippen molar-refractivity contribution >= 4 is 23.6 Å². The van der Waals surface area contributed by atoms with E-state index < -0.39 is 5.97 Å². The lowest BCUT2D eigenvalue weighted by Crippen LogP contribution is -2.38. The van der Waals surface area contributed by atoms with Crippen molar-refractivity contribution in [2.75, 3.05) is 6.26 Å². The summed E-state index contributed by atoms with van der Waals surface area (Å²) in [6.07, 6.45) is 7.66. The van der Waals surface area contributed by atoms with Crippen LogP contribution in [0.25, 0.3) is 0 Å². The molecule has 20 heavy (non-hydrogen) atoms. The number of carbonyl (C=O) groups is 2. The van der Waals surface area contributed by atoms with Gasteiger partial charge in [-0.1, -0.05) is 0 Å². The monoisotopic (exact) mass is 294 g/mol. The Kier molecular flexibility index (Phi) is 5.00. The van der Waals surface area contributed by atoms with Crippen LogP contribution in [-0.4, -0.2) is 39.5 Å². The van der Waals surface area contributed by atoms with E-state index in [-0.39, 0.29) is 17.6 Å². The summed E-state index contributed by atoms with van der Waals surface area (Å²) in [6, 6.07) is 3.04. The second-order valence-corrected chi connectivity index (χ2v) is 6.06. The van der Waals surface area contributed by atoms with Crippen LogP contribution < -0.4 is 5.32 Å². The first-order chi connectivity index (χ1) is 9.60. The van der Waals surface area contributed by atoms with Gasteiger partial charge in [0.2, 0.25) is 0 Å². The summed E-state index contributed by atoms with van der Waals surface area (Å²) in [5.41, 5.74) is 0.244. The number of pyridine rings is 1. The number of nitrogens with zero attached hydrogens (tertiary/aromatic N) is 1. The zero-order chi connectivity index (χ0) is 14.5. The zero-order valence-electron chi connectivity index (χ0n) is 11.3. The van der Waals surface area contributed by atoms with Crippen molar-refractivity contribution in [2.24, 2.45) is 0 Å². The molecule has 2 N–H and O–H groups in total. The molecule has 1 heterocycles. The highest BCUT2D eigenvalue weighted by molar-refractivity contribution is 7.99. The molecule has 1 aromatic rings. The maximum absolute atomic E-state index is 12.1. The summed E-state index contributed by atoms with van der Waals surface area (Å²) >= 11 is 1.88. The van der Waals surface area contributed by atoms with Crippen LogP contribution in [0, 0.1) is 0 Å².